The van der Waals surface area contributed by atoms with E-state index in [1.54, 1.807) is 54.8 Å². The molecule has 7 aliphatic heterocycles. The first-order chi connectivity index (χ1) is 45.2. The van der Waals surface area contributed by atoms with Gasteiger partial charge in [-0.15, -0.1) is 0 Å². The second-order valence-corrected chi connectivity index (χ2v) is 24.7. The third-order valence-corrected chi connectivity index (χ3v) is 19.2. The minimum atomic E-state index is -1.81. The molecule has 17 nitrogen and oxygen atoms in total. The van der Waals surface area contributed by atoms with E-state index in [4.69, 9.17) is 62.3 Å². The zero-order valence-corrected chi connectivity index (χ0v) is 55.0. The summed E-state index contributed by atoms with van der Waals surface area (Å²) >= 11 is 0. The number of aliphatic hydroxyl groups is 2. The highest BCUT2D eigenvalue weighted by Crippen LogP contribution is 2.54. The van der Waals surface area contributed by atoms with Crippen LogP contribution >= 0.6 is 0 Å². The number of methoxy groups -OCH3 is 6. The fraction of sp³-hybridized carbons (Fsp3) is 0.368. The Labute approximate surface area is 546 Å². The first-order valence-electron chi connectivity index (χ1n) is 32.0. The predicted molar refractivity (Wildman–Crippen MR) is 357 cm³/mol. The molecular formula is C76H86N4O13. The van der Waals surface area contributed by atoms with Gasteiger partial charge in [-0.25, -0.2) is 0 Å². The van der Waals surface area contributed by atoms with E-state index in [-0.39, 0.29) is 24.9 Å². The maximum absolute atomic E-state index is 8.88. The van der Waals surface area contributed by atoms with Crippen LogP contribution in [0.1, 0.15) is 90.9 Å². The highest BCUT2D eigenvalue weighted by atomic mass is 16.7. The molecule has 0 fully saturated rings. The Bertz CT molecular complexity index is 3900. The number of benzene rings is 8. The van der Waals surface area contributed by atoms with Crippen molar-refractivity contribution in [2.45, 2.75) is 82.0 Å². The van der Waals surface area contributed by atoms with Gasteiger partial charge in [0.15, 0.2) is 57.5 Å². The molecule has 93 heavy (non-hydrogen) atoms. The molecule has 0 saturated carbocycles. The van der Waals surface area contributed by atoms with Crippen molar-refractivity contribution in [1.29, 1.82) is 0 Å². The quantitative estimate of drug-likeness (QED) is 0.111. The van der Waals surface area contributed by atoms with Crippen LogP contribution in [0.25, 0.3) is 0 Å². The van der Waals surface area contributed by atoms with Crippen LogP contribution in [-0.2, 0) is 51.4 Å². The van der Waals surface area contributed by atoms with Crippen LogP contribution in [0, 0.1) is 0 Å². The van der Waals surface area contributed by atoms with Gasteiger partial charge in [0.1, 0.15) is 11.5 Å². The molecule has 0 aromatic heterocycles. The third kappa shape index (κ3) is 14.0. The lowest BCUT2D eigenvalue weighted by Gasteiger charge is -2.37. The van der Waals surface area contributed by atoms with E-state index in [1.165, 1.54) is 50.1 Å². The Morgan fingerprint density at radius 2 is 0.935 bits per heavy atom. The van der Waals surface area contributed by atoms with Crippen LogP contribution in [0.15, 0.2) is 140 Å². The van der Waals surface area contributed by atoms with Crippen LogP contribution in [0.5, 0.6) is 74.7 Å². The molecule has 15 rings (SSSR count). The van der Waals surface area contributed by atoms with Crippen molar-refractivity contribution >= 4 is 0 Å². The molecule has 7 heterocycles. The molecule has 0 saturated heterocycles. The minimum Gasteiger partial charge on any atom is -0.493 e. The Morgan fingerprint density at radius 1 is 0.430 bits per heavy atom. The second kappa shape index (κ2) is 28.7. The van der Waals surface area contributed by atoms with Gasteiger partial charge in [-0.2, -0.15) is 0 Å². The average molecular weight is 1260 g/mol. The van der Waals surface area contributed by atoms with Gasteiger partial charge >= 0.3 is 6.48 Å². The van der Waals surface area contributed by atoms with Crippen LogP contribution in [0.3, 0.4) is 0 Å². The number of fused-ring (bicyclic) bond motifs is 5. The number of hydrogen-bond acceptors (Lipinski definition) is 17. The largest absolute Gasteiger partial charge is 0.493 e. The minimum absolute atomic E-state index is 0.0724. The van der Waals surface area contributed by atoms with Crippen molar-refractivity contribution in [2.75, 3.05) is 104 Å². The van der Waals surface area contributed by atoms with Gasteiger partial charge in [0.25, 0.3) is 0 Å². The third-order valence-electron chi connectivity index (χ3n) is 19.2. The van der Waals surface area contributed by atoms with Gasteiger partial charge in [-0.1, -0.05) is 60.7 Å². The SMILES string of the molecule is COc1cc2c(cc1OC)[C@@H](Cc1ccc(OC(O)O)cc1)N(C)CC2.COc1cc2c(cc1OC)[C@@H](Cc1ccccc1)N(C)CC2.COc1ccc2cc1Oc1ccc(cc1)C[C@H]1c3c(cc4c(c3Oc3cc5c(cc3OC)CCN(C)[C@@H]5C2)OCO4)CCN1C. The summed E-state index contributed by atoms with van der Waals surface area (Å²) in [6.07, 6.45) is 7.31. The number of rotatable bonds is 12. The zero-order chi connectivity index (χ0) is 64.9. The molecule has 0 aliphatic carbocycles. The molecule has 2 N–H and O–H groups in total. The fourth-order valence-electron chi connectivity index (χ4n) is 14.1. The van der Waals surface area contributed by atoms with Crippen LogP contribution in [0.4, 0.5) is 0 Å². The maximum Gasteiger partial charge on any atom is 0.310 e. The van der Waals surface area contributed by atoms with Crippen molar-refractivity contribution in [3.63, 3.8) is 0 Å². The molecule has 7 aliphatic rings. The Hall–Kier alpha value is -8.68. The molecule has 17 heteroatoms. The van der Waals surface area contributed by atoms with E-state index in [9.17, 15) is 0 Å². The van der Waals surface area contributed by atoms with Gasteiger partial charge in [0, 0.05) is 55.9 Å². The van der Waals surface area contributed by atoms with E-state index in [2.05, 4.69) is 145 Å². The van der Waals surface area contributed by atoms with E-state index in [0.717, 1.165) is 134 Å². The predicted octanol–water partition coefficient (Wildman–Crippen LogP) is 12.5. The molecule has 0 spiro atoms. The van der Waals surface area contributed by atoms with Crippen molar-refractivity contribution in [3.05, 3.63) is 206 Å². The Morgan fingerprint density at radius 3 is 1.53 bits per heavy atom. The van der Waals surface area contributed by atoms with Gasteiger partial charge in [0.05, 0.1) is 42.7 Å². The molecule has 0 amide bonds. The molecule has 8 aromatic carbocycles. The van der Waals surface area contributed by atoms with Crippen LogP contribution in [-0.4, -0.2) is 140 Å². The monoisotopic (exact) mass is 1260 g/mol. The van der Waals surface area contributed by atoms with Gasteiger partial charge < -0.3 is 62.3 Å². The number of nitrogens with zero attached hydrogens (tertiary/aromatic N) is 4. The molecule has 4 atom stereocenters. The van der Waals surface area contributed by atoms with Crippen molar-refractivity contribution < 1.29 is 62.3 Å². The zero-order valence-electron chi connectivity index (χ0n) is 55.0. The molecule has 0 unspecified atom stereocenters. The summed E-state index contributed by atoms with van der Waals surface area (Å²) in [5.41, 5.74) is 15.0. The van der Waals surface area contributed by atoms with E-state index in [0.29, 0.717) is 40.5 Å². The average Bonchev–Trinajstić information content (AvgIpc) is 1.75. The smallest absolute Gasteiger partial charge is 0.310 e. The number of aliphatic hydroxyl groups excluding tert-OH is 1. The summed E-state index contributed by atoms with van der Waals surface area (Å²) in [5.74, 6) is 9.27. The lowest BCUT2D eigenvalue weighted by atomic mass is 9.87. The molecular weight excluding hydrogens is 1180 g/mol. The lowest BCUT2D eigenvalue weighted by Crippen LogP contribution is -2.34. The Balaban J connectivity index is 0.000000147. The second-order valence-electron chi connectivity index (χ2n) is 24.7. The van der Waals surface area contributed by atoms with Crippen LogP contribution < -0.4 is 52.1 Å². The molecule has 8 aromatic rings. The lowest BCUT2D eigenvalue weighted by molar-refractivity contribution is -0.179. The van der Waals surface area contributed by atoms with Gasteiger partial charge in [0.2, 0.25) is 12.5 Å². The van der Waals surface area contributed by atoms with E-state index >= 15 is 0 Å². The number of hydrogen-bond donors (Lipinski definition) is 2. The van der Waals surface area contributed by atoms with Crippen molar-refractivity contribution in [1.82, 2.24) is 19.6 Å². The summed E-state index contributed by atoms with van der Waals surface area (Å²) in [7, 11) is 18.8. The highest BCUT2D eigenvalue weighted by Gasteiger charge is 2.37. The van der Waals surface area contributed by atoms with Crippen molar-refractivity contribution in [2.24, 2.45) is 0 Å². The topological polar surface area (TPSA) is 155 Å². The molecule has 6 bridgehead atoms. The van der Waals surface area contributed by atoms with E-state index < -0.39 is 6.48 Å². The molecule has 488 valence electrons. The summed E-state index contributed by atoms with van der Waals surface area (Å²) in [6, 6.07) is 48.4. The number of ether oxygens (including phenoxy) is 11. The van der Waals surface area contributed by atoms with E-state index in [1.807, 2.05) is 30.3 Å². The molecule has 0 radical (unpaired) electrons. The summed E-state index contributed by atoms with van der Waals surface area (Å²) < 4.78 is 63.9. The standard InChI is InChI=1S/C37H38N2O6.C20H25NO5.C19H23NO2/c1-38-13-11-24-18-31(41-4)33-20-27(24)28(38)16-23-7-10-30(40-3)32(17-23)44-26-8-5-22(6-9-26)15-29-35-25(12-14-39(29)2)19-34-36(37(35)45-33)43-21-42-34;1-21-9-8-14-11-18(24-2)19(25-3)12-16(14)17(21)10-13-4-6-15(7-5-13)26-20(22)23;1-20-10-9-15-12-18(21-2)19(22-3)13-16(15)17(20)11-14-7-5-4-6-8-14/h5-10,17-20,28-29H,11-16,21H2,1-4H3;4-7,11-12,17,20,22-23H,8-10H2,1-3H3;4-8,12-13,17H,9-11H2,1-3H3/t28-,29+;2*17-/m111/s1. The Kier molecular flexibility index (Phi) is 19.9. The van der Waals surface area contributed by atoms with Crippen LogP contribution in [0.2, 0.25) is 0 Å². The van der Waals surface area contributed by atoms with Gasteiger partial charge in [-0.05, 0) is 220 Å². The first-order valence-corrected chi connectivity index (χ1v) is 32.0. The first kappa shape index (κ1) is 64.4. The highest BCUT2D eigenvalue weighted by molar-refractivity contribution is 5.65. The summed E-state index contributed by atoms with van der Waals surface area (Å²) in [5, 5.41) is 17.8. The summed E-state index contributed by atoms with van der Waals surface area (Å²) in [6.45, 7) is 2.30. The maximum atomic E-state index is 8.88. The normalized spacial score (nSPS) is 18.8. The fourth-order valence-corrected chi connectivity index (χ4v) is 14.1. The van der Waals surface area contributed by atoms with Crippen molar-refractivity contribution in [3.8, 4) is 74.7 Å². The number of likely N-dealkylation sites (N-methyl/N-ethyl adjacent to an activating group) is 4. The van der Waals surface area contributed by atoms with Gasteiger partial charge in [-0.3, -0.25) is 19.6 Å². The summed E-state index contributed by atoms with van der Waals surface area (Å²) in [4.78, 5) is 9.60.